The average molecular weight is 485 g/mol. The number of aromatic nitrogens is 3. The Balaban J connectivity index is 2.08. The lowest BCUT2D eigenvalue weighted by Gasteiger charge is -2.12. The fourth-order valence-electron chi connectivity index (χ4n) is 2.42. The lowest BCUT2D eigenvalue weighted by molar-refractivity contribution is -0.143. The maximum atomic E-state index is 13.7. The zero-order valence-electron chi connectivity index (χ0n) is 14.6. The van der Waals surface area contributed by atoms with E-state index in [4.69, 9.17) is 11.6 Å². The number of carbonyl (C=O) groups excluding carboxylic acids is 1. The van der Waals surface area contributed by atoms with Crippen LogP contribution >= 0.6 is 11.6 Å². The molecule has 0 radical (unpaired) electrons. The van der Waals surface area contributed by atoms with Gasteiger partial charge in [-0.2, -0.15) is 13.2 Å². The van der Waals surface area contributed by atoms with Gasteiger partial charge in [0, 0.05) is 0 Å². The molecule has 0 aliphatic carbocycles. The van der Waals surface area contributed by atoms with Gasteiger partial charge in [0.15, 0.2) is 11.4 Å². The number of nitrogens with one attached hydrogen (secondary N) is 1. The van der Waals surface area contributed by atoms with Crippen LogP contribution in [0.15, 0.2) is 41.3 Å². The molecule has 2 aromatic carbocycles. The fourth-order valence-corrected chi connectivity index (χ4v) is 3.71. The van der Waals surface area contributed by atoms with Crippen LogP contribution in [0, 0.1) is 17.5 Å². The molecule has 0 atom stereocenters. The van der Waals surface area contributed by atoms with E-state index in [0.717, 1.165) is 12.1 Å². The van der Waals surface area contributed by atoms with Crippen LogP contribution in [-0.2, 0) is 16.2 Å². The Morgan fingerprint density at radius 2 is 1.65 bits per heavy atom. The molecule has 1 amide bonds. The van der Waals surface area contributed by atoms with Gasteiger partial charge >= 0.3 is 6.18 Å². The Kier molecular flexibility index (Phi) is 5.71. The van der Waals surface area contributed by atoms with Crippen molar-refractivity contribution in [2.45, 2.75) is 11.1 Å². The van der Waals surface area contributed by atoms with Gasteiger partial charge < -0.3 is 0 Å². The van der Waals surface area contributed by atoms with Crippen molar-refractivity contribution in [2.75, 3.05) is 0 Å². The maximum absolute atomic E-state index is 13.7. The van der Waals surface area contributed by atoms with Crippen molar-refractivity contribution >= 4 is 27.5 Å². The highest BCUT2D eigenvalue weighted by molar-refractivity contribution is 7.90. The van der Waals surface area contributed by atoms with Crippen LogP contribution in [0.25, 0.3) is 5.69 Å². The summed E-state index contributed by atoms with van der Waals surface area (Å²) in [6.45, 7) is 0. The molecule has 15 heteroatoms. The van der Waals surface area contributed by atoms with Crippen LogP contribution < -0.4 is 4.72 Å². The van der Waals surface area contributed by atoms with E-state index in [1.807, 2.05) is 0 Å². The molecule has 1 heterocycles. The van der Waals surface area contributed by atoms with Gasteiger partial charge in [-0.25, -0.2) is 31.0 Å². The number of halogens is 7. The molecular formula is C16H7ClF6N4O3S. The van der Waals surface area contributed by atoms with Gasteiger partial charge in [-0.05, 0) is 36.4 Å². The Labute approximate surface area is 174 Å². The SMILES string of the molecule is O=C(NS(=O)(=O)c1cc(F)ccc1F)c1nnn(-c2ccc(F)cc2Cl)c1C(F)(F)F. The highest BCUT2D eigenvalue weighted by Gasteiger charge is 2.43. The van der Waals surface area contributed by atoms with Crippen molar-refractivity contribution in [1.29, 1.82) is 0 Å². The molecule has 1 N–H and O–H groups in total. The summed E-state index contributed by atoms with van der Waals surface area (Å²) in [6.07, 6.45) is -5.30. The van der Waals surface area contributed by atoms with Gasteiger partial charge in [0.1, 0.15) is 22.3 Å². The summed E-state index contributed by atoms with van der Waals surface area (Å²) in [6, 6.07) is 3.53. The smallest absolute Gasteiger partial charge is 0.266 e. The fraction of sp³-hybridized carbons (Fsp3) is 0.0625. The van der Waals surface area contributed by atoms with E-state index in [1.165, 1.54) is 4.72 Å². The first-order valence-corrected chi connectivity index (χ1v) is 9.68. The van der Waals surface area contributed by atoms with Crippen molar-refractivity contribution in [3.63, 3.8) is 0 Å². The molecule has 0 unspecified atom stereocenters. The van der Waals surface area contributed by atoms with Gasteiger partial charge in [0.2, 0.25) is 0 Å². The quantitative estimate of drug-likeness (QED) is 0.572. The molecule has 0 saturated carbocycles. The first-order chi connectivity index (χ1) is 14.3. The van der Waals surface area contributed by atoms with Gasteiger partial charge in [-0.3, -0.25) is 4.79 Å². The minimum atomic E-state index is -5.30. The third-order valence-corrected chi connectivity index (χ3v) is 5.35. The molecule has 3 aromatic rings. The molecule has 0 spiro atoms. The van der Waals surface area contributed by atoms with E-state index in [0.29, 0.717) is 18.2 Å². The number of nitrogens with zero attached hydrogens (tertiary/aromatic N) is 3. The molecule has 0 fully saturated rings. The standard InChI is InChI=1S/C16H7ClF6N4O3S/c17-9-5-7(18)2-4-11(9)27-14(16(21,22)23)13(24-26-27)15(28)25-31(29,30)12-6-8(19)1-3-10(12)20/h1-6H,(H,25,28). The largest absolute Gasteiger partial charge is 0.435 e. The van der Waals surface area contributed by atoms with Crippen molar-refractivity contribution < 1.29 is 39.6 Å². The summed E-state index contributed by atoms with van der Waals surface area (Å²) in [5, 5.41) is 5.67. The number of hydrogen-bond donors (Lipinski definition) is 1. The lowest BCUT2D eigenvalue weighted by atomic mass is 10.2. The molecular weight excluding hydrogens is 478 g/mol. The average Bonchev–Trinajstić information content (AvgIpc) is 3.08. The minimum absolute atomic E-state index is 0.0616. The molecule has 164 valence electrons. The third-order valence-electron chi connectivity index (χ3n) is 3.70. The number of rotatable bonds is 4. The van der Waals surface area contributed by atoms with E-state index in [1.54, 1.807) is 0 Å². The Morgan fingerprint density at radius 1 is 1.03 bits per heavy atom. The molecule has 1 aromatic heterocycles. The van der Waals surface area contributed by atoms with Crippen LogP contribution in [0.5, 0.6) is 0 Å². The van der Waals surface area contributed by atoms with Crippen molar-refractivity contribution in [3.05, 3.63) is 70.3 Å². The number of benzene rings is 2. The molecule has 0 aliphatic heterocycles. The number of hydrogen-bond acceptors (Lipinski definition) is 5. The summed E-state index contributed by atoms with van der Waals surface area (Å²) in [4.78, 5) is 10.9. The van der Waals surface area contributed by atoms with E-state index in [9.17, 15) is 39.6 Å². The summed E-state index contributed by atoms with van der Waals surface area (Å²) in [7, 11) is -5.13. The van der Waals surface area contributed by atoms with Crippen LogP contribution in [0.1, 0.15) is 16.2 Å². The van der Waals surface area contributed by atoms with Gasteiger partial charge in [-0.15, -0.1) is 5.10 Å². The first kappa shape index (κ1) is 22.6. The monoisotopic (exact) mass is 484 g/mol. The van der Waals surface area contributed by atoms with Gasteiger partial charge in [0.25, 0.3) is 15.9 Å². The zero-order chi connectivity index (χ0) is 23.1. The van der Waals surface area contributed by atoms with Crippen LogP contribution in [-0.4, -0.2) is 29.3 Å². The molecule has 31 heavy (non-hydrogen) atoms. The molecule has 0 saturated heterocycles. The van der Waals surface area contributed by atoms with Crippen molar-refractivity contribution in [1.82, 2.24) is 19.7 Å². The van der Waals surface area contributed by atoms with E-state index in [2.05, 4.69) is 10.3 Å². The summed E-state index contributed by atoms with van der Waals surface area (Å²) < 4.78 is 107. The maximum Gasteiger partial charge on any atom is 0.435 e. The van der Waals surface area contributed by atoms with Crippen molar-refractivity contribution in [3.8, 4) is 5.69 Å². The summed E-state index contributed by atoms with van der Waals surface area (Å²) in [5.74, 6) is -5.44. The molecule has 0 bridgehead atoms. The number of sulfonamides is 1. The van der Waals surface area contributed by atoms with Crippen LogP contribution in [0.2, 0.25) is 5.02 Å². The highest BCUT2D eigenvalue weighted by Crippen LogP contribution is 2.34. The minimum Gasteiger partial charge on any atom is -0.266 e. The second-order valence-electron chi connectivity index (χ2n) is 5.80. The predicted octanol–water partition coefficient (Wildman–Crippen LogP) is 3.48. The topological polar surface area (TPSA) is 93.9 Å². The van der Waals surface area contributed by atoms with Crippen molar-refractivity contribution in [2.24, 2.45) is 0 Å². The Morgan fingerprint density at radius 3 is 2.26 bits per heavy atom. The second-order valence-corrected chi connectivity index (χ2v) is 7.86. The van der Waals surface area contributed by atoms with E-state index < -0.39 is 66.6 Å². The first-order valence-electron chi connectivity index (χ1n) is 7.82. The third kappa shape index (κ3) is 4.49. The molecule has 7 nitrogen and oxygen atoms in total. The number of alkyl halides is 3. The van der Waals surface area contributed by atoms with Gasteiger partial charge in [0.05, 0.1) is 10.7 Å². The lowest BCUT2D eigenvalue weighted by Crippen LogP contribution is -2.33. The van der Waals surface area contributed by atoms with Gasteiger partial charge in [-0.1, -0.05) is 16.8 Å². The Hall–Kier alpha value is -3.13. The number of carbonyl (C=O) groups is 1. The van der Waals surface area contributed by atoms with E-state index >= 15 is 0 Å². The molecule has 3 rings (SSSR count). The zero-order valence-corrected chi connectivity index (χ0v) is 16.2. The molecule has 0 aliphatic rings. The normalized spacial score (nSPS) is 12.1. The van der Waals surface area contributed by atoms with E-state index in [-0.39, 0.29) is 10.7 Å². The summed E-state index contributed by atoms with van der Waals surface area (Å²) >= 11 is 5.72. The number of amides is 1. The van der Waals surface area contributed by atoms with Crippen LogP contribution in [0.4, 0.5) is 26.3 Å². The Bertz CT molecular complexity index is 1290. The van der Waals surface area contributed by atoms with Crippen LogP contribution in [0.3, 0.4) is 0 Å². The predicted molar refractivity (Wildman–Crippen MR) is 92.3 cm³/mol. The summed E-state index contributed by atoms with van der Waals surface area (Å²) in [5.41, 5.74) is -3.86. The second kappa shape index (κ2) is 7.85. The highest BCUT2D eigenvalue weighted by atomic mass is 35.5.